The average molecular weight is 500 g/mol. The Morgan fingerprint density at radius 1 is 1.00 bits per heavy atom. The molecular weight excluding hydrogens is 473 g/mol. The number of carbonyl (C=O) groups excluding carboxylic acids is 2. The topological polar surface area (TPSA) is 86.8 Å². The van der Waals surface area contributed by atoms with Crippen LogP contribution in [0.25, 0.3) is 0 Å². The highest BCUT2D eigenvalue weighted by Crippen LogP contribution is 2.27. The number of carbonyl (C=O) groups is 2. The van der Waals surface area contributed by atoms with Gasteiger partial charge in [-0.25, -0.2) is 8.42 Å². The fourth-order valence-electron chi connectivity index (χ4n) is 3.27. The first-order valence-electron chi connectivity index (χ1n) is 10.1. The summed E-state index contributed by atoms with van der Waals surface area (Å²) in [5, 5.41) is 3.43. The molecule has 174 valence electrons. The molecule has 0 aliphatic carbocycles. The summed E-state index contributed by atoms with van der Waals surface area (Å²) in [4.78, 5) is 27.5. The van der Waals surface area contributed by atoms with Gasteiger partial charge < -0.3 is 10.2 Å². The van der Waals surface area contributed by atoms with Gasteiger partial charge in [0.05, 0.1) is 11.9 Å². The van der Waals surface area contributed by atoms with Gasteiger partial charge >= 0.3 is 0 Å². The number of para-hydroxylation sites is 1. The van der Waals surface area contributed by atoms with Gasteiger partial charge in [0.15, 0.2) is 0 Å². The molecule has 0 aliphatic rings. The third-order valence-electron chi connectivity index (χ3n) is 4.85. The van der Waals surface area contributed by atoms with E-state index in [0.29, 0.717) is 34.3 Å². The van der Waals surface area contributed by atoms with E-state index in [9.17, 15) is 18.0 Å². The zero-order valence-corrected chi connectivity index (χ0v) is 20.5. The molecule has 2 rings (SSSR count). The highest BCUT2D eigenvalue weighted by molar-refractivity contribution is 7.92. The van der Waals surface area contributed by atoms with Crippen LogP contribution < -0.4 is 9.62 Å². The highest BCUT2D eigenvalue weighted by Gasteiger charge is 2.32. The fourth-order valence-corrected chi connectivity index (χ4v) is 4.64. The van der Waals surface area contributed by atoms with E-state index in [1.807, 2.05) is 0 Å². The number of hydrogen-bond acceptors (Lipinski definition) is 4. The Labute approximate surface area is 199 Å². The number of nitrogens with zero attached hydrogens (tertiary/aromatic N) is 2. The number of anilines is 1. The summed E-state index contributed by atoms with van der Waals surface area (Å²) in [7, 11) is -3.77. The molecule has 0 bridgehead atoms. The van der Waals surface area contributed by atoms with Crippen molar-refractivity contribution in [1.82, 2.24) is 10.2 Å². The van der Waals surface area contributed by atoms with Crippen LogP contribution in [0.4, 0.5) is 5.69 Å². The van der Waals surface area contributed by atoms with E-state index in [4.69, 9.17) is 23.2 Å². The van der Waals surface area contributed by atoms with Crippen molar-refractivity contribution in [3.63, 3.8) is 0 Å². The molecule has 0 aliphatic heterocycles. The Morgan fingerprint density at radius 2 is 1.59 bits per heavy atom. The van der Waals surface area contributed by atoms with Crippen molar-refractivity contribution in [3.05, 3.63) is 64.1 Å². The second-order valence-corrected chi connectivity index (χ2v) is 9.87. The molecule has 0 heterocycles. The molecule has 1 atom stereocenters. The van der Waals surface area contributed by atoms with Gasteiger partial charge in [-0.1, -0.05) is 54.4 Å². The van der Waals surface area contributed by atoms with Crippen LogP contribution >= 0.6 is 23.2 Å². The first kappa shape index (κ1) is 26.0. The minimum atomic E-state index is -3.77. The van der Waals surface area contributed by atoms with Crippen LogP contribution in [0, 0.1) is 0 Å². The molecule has 0 fully saturated rings. The molecule has 2 amide bonds. The number of hydrogen-bond donors (Lipinski definition) is 1. The molecule has 0 saturated heterocycles. The van der Waals surface area contributed by atoms with E-state index in [-0.39, 0.29) is 12.5 Å². The van der Waals surface area contributed by atoms with Crippen molar-refractivity contribution in [3.8, 4) is 0 Å². The molecule has 0 aromatic heterocycles. The van der Waals surface area contributed by atoms with Crippen LogP contribution in [0.15, 0.2) is 48.5 Å². The summed E-state index contributed by atoms with van der Waals surface area (Å²) in [5.41, 5.74) is 0.836. The third-order valence-corrected chi connectivity index (χ3v) is 6.70. The lowest BCUT2D eigenvalue weighted by Crippen LogP contribution is -2.52. The van der Waals surface area contributed by atoms with Crippen LogP contribution in [-0.4, -0.2) is 50.5 Å². The second kappa shape index (κ2) is 11.5. The number of likely N-dealkylation sites (N-methyl/N-ethyl adjacent to an activating group) is 1. The molecule has 0 radical (unpaired) electrons. The first-order valence-corrected chi connectivity index (χ1v) is 12.7. The summed E-state index contributed by atoms with van der Waals surface area (Å²) in [6.45, 7) is 3.44. The molecular formula is C22H27Cl2N3O4S. The standard InChI is InChI=1S/C22H27Cl2N3O4S/c1-4-20(22(29)25-5-2)26(14-17-18(23)12-9-13-19(17)24)21(28)15-27(32(3,30)31)16-10-7-6-8-11-16/h6-13,20H,4-5,14-15H2,1-3H3,(H,25,29)/t20-/m1/s1. The Kier molecular flexibility index (Phi) is 9.36. The van der Waals surface area contributed by atoms with Gasteiger partial charge in [-0.05, 0) is 37.6 Å². The predicted molar refractivity (Wildman–Crippen MR) is 128 cm³/mol. The lowest BCUT2D eigenvalue weighted by atomic mass is 10.1. The summed E-state index contributed by atoms with van der Waals surface area (Å²) in [6, 6.07) is 12.5. The zero-order chi connectivity index (χ0) is 23.9. The van der Waals surface area contributed by atoms with E-state index < -0.39 is 28.5 Å². The second-order valence-electron chi connectivity index (χ2n) is 7.15. The quantitative estimate of drug-likeness (QED) is 0.539. The van der Waals surface area contributed by atoms with Crippen LogP contribution in [0.3, 0.4) is 0 Å². The van der Waals surface area contributed by atoms with Gasteiger partial charge in [-0.15, -0.1) is 0 Å². The number of halogens is 2. The molecule has 2 aromatic carbocycles. The van der Waals surface area contributed by atoms with Gasteiger partial charge in [0.1, 0.15) is 12.6 Å². The van der Waals surface area contributed by atoms with Crippen LogP contribution in [0.2, 0.25) is 10.0 Å². The lowest BCUT2D eigenvalue weighted by Gasteiger charge is -2.33. The lowest BCUT2D eigenvalue weighted by molar-refractivity contribution is -0.140. The molecule has 0 saturated carbocycles. The van der Waals surface area contributed by atoms with E-state index in [1.54, 1.807) is 62.4 Å². The van der Waals surface area contributed by atoms with Gasteiger partial charge in [-0.3, -0.25) is 13.9 Å². The minimum absolute atomic E-state index is 0.0423. The average Bonchev–Trinajstić information content (AvgIpc) is 2.73. The largest absolute Gasteiger partial charge is 0.355 e. The van der Waals surface area contributed by atoms with Crippen molar-refractivity contribution in [2.24, 2.45) is 0 Å². The normalized spacial score (nSPS) is 12.2. The Balaban J connectivity index is 2.47. The molecule has 7 nitrogen and oxygen atoms in total. The molecule has 0 spiro atoms. The van der Waals surface area contributed by atoms with Crippen LogP contribution in [0.1, 0.15) is 25.8 Å². The van der Waals surface area contributed by atoms with Crippen molar-refractivity contribution >= 4 is 50.7 Å². The highest BCUT2D eigenvalue weighted by atomic mass is 35.5. The maximum absolute atomic E-state index is 13.5. The van der Waals surface area contributed by atoms with E-state index >= 15 is 0 Å². The monoisotopic (exact) mass is 499 g/mol. The van der Waals surface area contributed by atoms with Crippen LogP contribution in [0.5, 0.6) is 0 Å². The Hall–Kier alpha value is -2.29. The number of nitrogens with one attached hydrogen (secondary N) is 1. The maximum atomic E-state index is 13.5. The van der Waals surface area contributed by atoms with Gasteiger partial charge in [0.25, 0.3) is 0 Å². The van der Waals surface area contributed by atoms with Gasteiger partial charge in [-0.2, -0.15) is 0 Å². The molecule has 1 N–H and O–H groups in total. The van der Waals surface area contributed by atoms with Crippen molar-refractivity contribution in [1.29, 1.82) is 0 Å². The van der Waals surface area contributed by atoms with Crippen molar-refractivity contribution in [2.45, 2.75) is 32.9 Å². The summed E-state index contributed by atoms with van der Waals surface area (Å²) >= 11 is 12.6. The number of amides is 2. The summed E-state index contributed by atoms with van der Waals surface area (Å²) < 4.78 is 25.9. The van der Waals surface area contributed by atoms with E-state index in [2.05, 4.69) is 5.32 Å². The maximum Gasteiger partial charge on any atom is 0.244 e. The number of sulfonamides is 1. The van der Waals surface area contributed by atoms with Crippen LogP contribution in [-0.2, 0) is 26.2 Å². The van der Waals surface area contributed by atoms with Gasteiger partial charge in [0, 0.05) is 28.7 Å². The SMILES string of the molecule is CCNC(=O)[C@@H](CC)N(Cc1c(Cl)cccc1Cl)C(=O)CN(c1ccccc1)S(C)(=O)=O. The molecule has 0 unspecified atom stereocenters. The molecule has 2 aromatic rings. The minimum Gasteiger partial charge on any atom is -0.355 e. The molecule has 32 heavy (non-hydrogen) atoms. The van der Waals surface area contributed by atoms with Crippen molar-refractivity contribution < 1.29 is 18.0 Å². The summed E-state index contributed by atoms with van der Waals surface area (Å²) in [6.07, 6.45) is 1.35. The number of benzene rings is 2. The first-order chi connectivity index (χ1) is 15.1. The van der Waals surface area contributed by atoms with E-state index in [0.717, 1.165) is 10.6 Å². The third kappa shape index (κ3) is 6.60. The Bertz CT molecular complexity index is 1030. The molecule has 10 heteroatoms. The summed E-state index contributed by atoms with van der Waals surface area (Å²) in [5.74, 6) is -0.884. The van der Waals surface area contributed by atoms with E-state index in [1.165, 1.54) is 4.90 Å². The number of rotatable bonds is 10. The fraction of sp³-hybridized carbons (Fsp3) is 0.364. The zero-order valence-electron chi connectivity index (χ0n) is 18.2. The Morgan fingerprint density at radius 3 is 2.09 bits per heavy atom. The van der Waals surface area contributed by atoms with Gasteiger partial charge in [0.2, 0.25) is 21.8 Å². The van der Waals surface area contributed by atoms with Crippen molar-refractivity contribution in [2.75, 3.05) is 23.7 Å². The smallest absolute Gasteiger partial charge is 0.244 e. The predicted octanol–water partition coefficient (Wildman–Crippen LogP) is 3.70.